The molecular weight excluding hydrogens is 1040 g/mol. The minimum Gasteiger partial charge on any atom is -0.338 e. The Labute approximate surface area is 467 Å². The number of unbranched alkanes of at least 4 members (excludes halogenated alkanes) is 9. The molecule has 0 aliphatic rings. The first kappa shape index (κ1) is 52.7. The largest absolute Gasteiger partial charge is 0.338 e. The average Bonchev–Trinajstić information content (AvgIpc) is 4.29. The first-order valence-electron chi connectivity index (χ1n) is 28.7. The van der Waals surface area contributed by atoms with E-state index >= 15 is 0 Å². The molecule has 0 amide bonds. The van der Waals surface area contributed by atoms with E-state index in [2.05, 4.69) is 111 Å². The SMILES string of the molecule is CCCCCCn1c2cc(CC(CC)CCCC)sc2c2sc3cc(-c4c5nsnc5c(-c5cc6sc7c8sc(CC(CC)CCCC)cc8n(CCCCCC)c7c6s5)c5nc(CCCC)c(C)nc45)sc3c21. The number of aryl methyl sites for hydroxylation is 4. The Kier molecular flexibility index (Phi) is 16.6. The van der Waals surface area contributed by atoms with Crippen LogP contribution in [0.15, 0.2) is 24.3 Å². The van der Waals surface area contributed by atoms with Crippen LogP contribution in [0.3, 0.4) is 0 Å². The van der Waals surface area contributed by atoms with Gasteiger partial charge >= 0.3 is 0 Å². The van der Waals surface area contributed by atoms with E-state index in [1.165, 1.54) is 197 Å². The highest BCUT2D eigenvalue weighted by Gasteiger charge is 2.29. The smallest absolute Gasteiger partial charge is 0.116 e. The summed E-state index contributed by atoms with van der Waals surface area (Å²) >= 11 is 13.4. The van der Waals surface area contributed by atoms with Crippen LogP contribution in [0.2, 0.25) is 0 Å². The van der Waals surface area contributed by atoms with E-state index in [9.17, 15) is 0 Å². The van der Waals surface area contributed by atoms with Crippen molar-refractivity contribution < 1.29 is 0 Å². The van der Waals surface area contributed by atoms with Crippen LogP contribution in [0, 0.1) is 18.8 Å². The highest BCUT2D eigenvalue weighted by atomic mass is 32.1. The zero-order chi connectivity index (χ0) is 51.0. The van der Waals surface area contributed by atoms with Gasteiger partial charge in [-0.1, -0.05) is 145 Å². The minimum atomic E-state index is 0.767. The molecule has 10 heterocycles. The van der Waals surface area contributed by atoms with Crippen molar-refractivity contribution in [2.45, 2.75) is 203 Å². The van der Waals surface area contributed by atoms with Crippen LogP contribution >= 0.6 is 79.7 Å². The normalized spacial score (nSPS) is 13.5. The van der Waals surface area contributed by atoms with Gasteiger partial charge in [-0.3, -0.25) is 0 Å². The zero-order valence-corrected chi connectivity index (χ0v) is 51.0. The summed E-state index contributed by atoms with van der Waals surface area (Å²) in [5.41, 5.74) is 14.0. The van der Waals surface area contributed by atoms with Crippen LogP contribution < -0.4 is 0 Å². The van der Waals surface area contributed by atoms with Crippen molar-refractivity contribution in [2.24, 2.45) is 11.8 Å². The van der Waals surface area contributed by atoms with Gasteiger partial charge in [-0.2, -0.15) is 8.75 Å². The molecule has 1 aromatic carbocycles. The number of thiophene rings is 6. The fourth-order valence-electron chi connectivity index (χ4n) is 11.8. The molecule has 74 heavy (non-hydrogen) atoms. The zero-order valence-electron chi connectivity index (χ0n) is 45.3. The van der Waals surface area contributed by atoms with Crippen molar-refractivity contribution in [3.05, 3.63) is 45.4 Å². The molecular formula is C61H76N6S7. The van der Waals surface area contributed by atoms with Crippen molar-refractivity contribution in [3.8, 4) is 20.9 Å². The summed E-state index contributed by atoms with van der Waals surface area (Å²) in [6.45, 7) is 20.7. The van der Waals surface area contributed by atoms with Crippen molar-refractivity contribution in [1.82, 2.24) is 27.8 Å². The first-order valence-corrected chi connectivity index (χ1v) is 34.3. The Bertz CT molecular complexity index is 3700. The Morgan fingerprint density at radius 1 is 0.459 bits per heavy atom. The lowest BCUT2D eigenvalue weighted by Gasteiger charge is -2.13. The predicted octanol–water partition coefficient (Wildman–Crippen LogP) is 22.2. The molecule has 2 unspecified atom stereocenters. The van der Waals surface area contributed by atoms with Gasteiger partial charge in [0, 0.05) is 53.1 Å². The molecule has 0 N–H and O–H groups in total. The molecule has 0 radical (unpaired) electrons. The van der Waals surface area contributed by atoms with Gasteiger partial charge in [0.1, 0.15) is 22.1 Å². The Morgan fingerprint density at radius 3 is 1.39 bits per heavy atom. The van der Waals surface area contributed by atoms with E-state index in [0.717, 1.165) is 88.8 Å². The van der Waals surface area contributed by atoms with E-state index in [-0.39, 0.29) is 0 Å². The molecule has 11 aromatic rings. The minimum absolute atomic E-state index is 0.767. The summed E-state index contributed by atoms with van der Waals surface area (Å²) in [6, 6.07) is 10.1. The van der Waals surface area contributed by atoms with E-state index in [1.54, 1.807) is 9.75 Å². The first-order chi connectivity index (χ1) is 36.3. The van der Waals surface area contributed by atoms with E-state index in [1.807, 2.05) is 45.3 Å². The third kappa shape index (κ3) is 9.86. The summed E-state index contributed by atoms with van der Waals surface area (Å²) in [6.07, 6.45) is 26.0. The second-order valence-electron chi connectivity index (χ2n) is 21.5. The summed E-state index contributed by atoms with van der Waals surface area (Å²) in [4.78, 5) is 16.9. The van der Waals surface area contributed by atoms with Crippen LogP contribution in [0.1, 0.15) is 185 Å². The van der Waals surface area contributed by atoms with Crippen molar-refractivity contribution in [1.29, 1.82) is 0 Å². The number of hydrogen-bond acceptors (Lipinski definition) is 11. The average molecular weight is 1120 g/mol. The van der Waals surface area contributed by atoms with E-state index in [4.69, 9.17) is 18.7 Å². The Morgan fingerprint density at radius 2 is 0.932 bits per heavy atom. The molecule has 0 saturated heterocycles. The fourth-order valence-corrected chi connectivity index (χ4v) is 20.6. The molecule has 11 rings (SSSR count). The molecule has 6 nitrogen and oxygen atoms in total. The van der Waals surface area contributed by atoms with Gasteiger partial charge in [-0.25, -0.2) is 9.97 Å². The second-order valence-corrected chi connectivity index (χ2v) is 28.5. The molecule has 0 fully saturated rings. The predicted molar refractivity (Wildman–Crippen MR) is 335 cm³/mol. The molecule has 392 valence electrons. The monoisotopic (exact) mass is 1120 g/mol. The van der Waals surface area contributed by atoms with Crippen LogP contribution in [-0.4, -0.2) is 27.8 Å². The van der Waals surface area contributed by atoms with Gasteiger partial charge in [0.15, 0.2) is 0 Å². The summed E-state index contributed by atoms with van der Waals surface area (Å²) in [5.74, 6) is 1.53. The number of rotatable bonds is 27. The molecule has 10 aromatic heterocycles. The lowest BCUT2D eigenvalue weighted by molar-refractivity contribution is 0.452. The second kappa shape index (κ2) is 23.3. The van der Waals surface area contributed by atoms with Crippen LogP contribution in [0.25, 0.3) is 103 Å². The summed E-state index contributed by atoms with van der Waals surface area (Å²) < 4.78 is 27.4. The molecule has 13 heteroatoms. The Balaban J connectivity index is 1.05. The van der Waals surface area contributed by atoms with Crippen molar-refractivity contribution >= 4 is 161 Å². The quantitative estimate of drug-likeness (QED) is 0.0482. The molecule has 2 atom stereocenters. The number of hydrogen-bond donors (Lipinski definition) is 0. The number of aromatic nitrogens is 6. The van der Waals surface area contributed by atoms with Crippen molar-refractivity contribution in [2.75, 3.05) is 0 Å². The summed E-state index contributed by atoms with van der Waals surface area (Å²) in [7, 11) is 0. The maximum atomic E-state index is 5.69. The maximum Gasteiger partial charge on any atom is 0.116 e. The van der Waals surface area contributed by atoms with Gasteiger partial charge in [-0.15, -0.1) is 68.0 Å². The lowest BCUT2D eigenvalue weighted by atomic mass is 9.95. The third-order valence-corrected chi connectivity index (χ3v) is 24.1. The standard InChI is InChI=1S/C61H76N6S7/c1-9-16-21-23-28-66-42-32-39(30-37(14-6)25-18-11-3)68-56(42)60-54(66)58-46(72-60)34-44(70-58)48-50-51(63-41(27-20-13-5)36(8)62-50)49(53-52(48)64-74-65-53)45-35-47-59(71-45)55-61(73-47)57-43(67(55)29-24-22-17-10-2)33-40(69-57)31-38(15-7)26-19-12-4/h32-35,37-38H,9-31H2,1-8H3. The molecule has 0 saturated carbocycles. The van der Waals surface area contributed by atoms with Gasteiger partial charge in [0.25, 0.3) is 0 Å². The molecule has 0 aliphatic carbocycles. The Hall–Kier alpha value is -3.30. The lowest BCUT2D eigenvalue weighted by Crippen LogP contribution is -2.02. The topological polar surface area (TPSA) is 61.4 Å². The molecule has 0 spiro atoms. The van der Waals surface area contributed by atoms with Crippen LogP contribution in [0.4, 0.5) is 0 Å². The molecule has 0 bridgehead atoms. The van der Waals surface area contributed by atoms with E-state index in [0.29, 0.717) is 0 Å². The third-order valence-electron chi connectivity index (χ3n) is 16.1. The number of benzene rings is 1. The van der Waals surface area contributed by atoms with Gasteiger partial charge in [0.2, 0.25) is 0 Å². The van der Waals surface area contributed by atoms with Crippen molar-refractivity contribution in [3.63, 3.8) is 0 Å². The van der Waals surface area contributed by atoms with Gasteiger partial charge in [0.05, 0.1) is 73.4 Å². The van der Waals surface area contributed by atoms with Crippen LogP contribution in [-0.2, 0) is 32.4 Å². The molecule has 0 aliphatic heterocycles. The summed E-state index contributed by atoms with van der Waals surface area (Å²) in [5, 5.41) is 0. The van der Waals surface area contributed by atoms with Gasteiger partial charge < -0.3 is 9.13 Å². The number of fused-ring (bicyclic) bond motifs is 12. The highest BCUT2D eigenvalue weighted by molar-refractivity contribution is 7.37. The van der Waals surface area contributed by atoms with Crippen LogP contribution in [0.5, 0.6) is 0 Å². The maximum absolute atomic E-state index is 5.69. The van der Waals surface area contributed by atoms with Gasteiger partial charge in [-0.05, 0) is 81.5 Å². The van der Waals surface area contributed by atoms with E-state index < -0.39 is 0 Å². The fraction of sp³-hybridized carbons (Fsp3) is 0.541. The number of nitrogens with zero attached hydrogens (tertiary/aromatic N) is 6. The highest BCUT2D eigenvalue weighted by Crippen LogP contribution is 2.54.